The predicted octanol–water partition coefficient (Wildman–Crippen LogP) is 1.48. The Hall–Kier alpha value is 0.440. The van der Waals surface area contributed by atoms with Crippen molar-refractivity contribution in [1.82, 2.24) is 5.32 Å². The third-order valence-corrected chi connectivity index (χ3v) is 2.03. The molecular formula is C5H10BrN. The lowest BCUT2D eigenvalue weighted by Gasteiger charge is -2.16. The highest BCUT2D eigenvalue weighted by molar-refractivity contribution is 9.09. The molecule has 1 aliphatic rings. The lowest BCUT2D eigenvalue weighted by molar-refractivity contribution is 0.498. The van der Waals surface area contributed by atoms with Gasteiger partial charge in [0.15, 0.2) is 0 Å². The molecule has 0 radical (unpaired) electrons. The second-order valence-electron chi connectivity index (χ2n) is 1.92. The van der Waals surface area contributed by atoms with E-state index in [1.165, 1.54) is 25.8 Å². The molecule has 1 fully saturated rings. The minimum absolute atomic E-state index is 0.598. The summed E-state index contributed by atoms with van der Waals surface area (Å²) < 4.78 is 0. The fourth-order valence-electron chi connectivity index (χ4n) is 0.809. The largest absolute Gasteiger partial charge is 0.305 e. The van der Waals surface area contributed by atoms with Crippen molar-refractivity contribution in [2.45, 2.75) is 24.2 Å². The van der Waals surface area contributed by atoms with Gasteiger partial charge in [0.25, 0.3) is 0 Å². The first kappa shape index (κ1) is 5.57. The average molecular weight is 164 g/mol. The Morgan fingerprint density at radius 3 is 2.57 bits per heavy atom. The zero-order chi connectivity index (χ0) is 5.11. The summed E-state index contributed by atoms with van der Waals surface area (Å²) in [5.41, 5.74) is 0. The molecule has 0 unspecified atom stereocenters. The van der Waals surface area contributed by atoms with Crippen LogP contribution in [0.1, 0.15) is 19.3 Å². The lowest BCUT2D eigenvalue weighted by Crippen LogP contribution is -2.28. The molecular weight excluding hydrogens is 154 g/mol. The second kappa shape index (κ2) is 2.68. The van der Waals surface area contributed by atoms with E-state index in [0.29, 0.717) is 4.95 Å². The lowest BCUT2D eigenvalue weighted by atomic mass is 10.2. The first-order valence-corrected chi connectivity index (χ1v) is 3.68. The first-order valence-electron chi connectivity index (χ1n) is 2.77. The molecule has 7 heavy (non-hydrogen) atoms. The Morgan fingerprint density at radius 1 is 1.43 bits per heavy atom. The second-order valence-corrected chi connectivity index (χ2v) is 3.02. The Balaban J connectivity index is 2.12. The van der Waals surface area contributed by atoms with Gasteiger partial charge in [-0.05, 0) is 25.8 Å². The molecule has 0 aromatic heterocycles. The number of nitrogens with one attached hydrogen (secondary N) is 1. The summed E-state index contributed by atoms with van der Waals surface area (Å²) in [5, 5.41) is 3.30. The van der Waals surface area contributed by atoms with Crippen LogP contribution < -0.4 is 5.32 Å². The maximum Gasteiger partial charge on any atom is 0.0630 e. The predicted molar refractivity (Wildman–Crippen MR) is 34.6 cm³/mol. The van der Waals surface area contributed by atoms with Gasteiger partial charge in [-0.2, -0.15) is 0 Å². The van der Waals surface area contributed by atoms with Crippen molar-refractivity contribution >= 4 is 15.9 Å². The molecule has 0 amide bonds. The Morgan fingerprint density at radius 2 is 2.29 bits per heavy atom. The highest BCUT2D eigenvalue weighted by Crippen LogP contribution is 2.10. The van der Waals surface area contributed by atoms with E-state index in [2.05, 4.69) is 21.2 Å². The summed E-state index contributed by atoms with van der Waals surface area (Å²) in [7, 11) is 0. The van der Waals surface area contributed by atoms with Gasteiger partial charge >= 0.3 is 0 Å². The minimum atomic E-state index is 0.598. The van der Waals surface area contributed by atoms with E-state index < -0.39 is 0 Å². The van der Waals surface area contributed by atoms with Crippen LogP contribution in [0.15, 0.2) is 0 Å². The number of alkyl halides is 1. The summed E-state index contributed by atoms with van der Waals surface area (Å²) in [4.78, 5) is 0.598. The van der Waals surface area contributed by atoms with E-state index in [-0.39, 0.29) is 0 Å². The van der Waals surface area contributed by atoms with Gasteiger partial charge < -0.3 is 5.32 Å². The van der Waals surface area contributed by atoms with E-state index in [0.717, 1.165) is 0 Å². The fraction of sp³-hybridized carbons (Fsp3) is 1.00. The van der Waals surface area contributed by atoms with Crippen LogP contribution in [0.3, 0.4) is 0 Å². The number of hydrogen-bond acceptors (Lipinski definition) is 1. The van der Waals surface area contributed by atoms with Gasteiger partial charge in [0.1, 0.15) is 0 Å². The van der Waals surface area contributed by atoms with Crippen molar-refractivity contribution in [3.63, 3.8) is 0 Å². The standard InChI is InChI=1S/C5H10BrN/c6-5-3-1-2-4-7-5/h5,7H,1-4H2/t5-/m0/s1. The molecule has 0 aromatic rings. The molecule has 1 nitrogen and oxygen atoms in total. The number of rotatable bonds is 0. The molecule has 0 aliphatic carbocycles. The van der Waals surface area contributed by atoms with Gasteiger partial charge in [-0.3, -0.25) is 0 Å². The number of halogens is 1. The number of hydrogen-bond donors (Lipinski definition) is 1. The minimum Gasteiger partial charge on any atom is -0.305 e. The van der Waals surface area contributed by atoms with E-state index in [4.69, 9.17) is 0 Å². The summed E-state index contributed by atoms with van der Waals surface area (Å²) in [6.45, 7) is 1.19. The van der Waals surface area contributed by atoms with Crippen LogP contribution in [0.5, 0.6) is 0 Å². The van der Waals surface area contributed by atoms with Crippen molar-refractivity contribution < 1.29 is 0 Å². The van der Waals surface area contributed by atoms with E-state index >= 15 is 0 Å². The zero-order valence-electron chi connectivity index (χ0n) is 4.28. The van der Waals surface area contributed by atoms with E-state index in [1.54, 1.807) is 0 Å². The third kappa shape index (κ3) is 1.78. The maximum absolute atomic E-state index is 3.48. The van der Waals surface area contributed by atoms with Crippen LogP contribution in [-0.4, -0.2) is 11.5 Å². The summed E-state index contributed by atoms with van der Waals surface area (Å²) >= 11 is 3.48. The topological polar surface area (TPSA) is 12.0 Å². The number of piperidine rings is 1. The van der Waals surface area contributed by atoms with Crippen LogP contribution in [0, 0.1) is 0 Å². The van der Waals surface area contributed by atoms with Gasteiger partial charge in [0, 0.05) is 0 Å². The van der Waals surface area contributed by atoms with Crippen molar-refractivity contribution in [2.75, 3.05) is 6.54 Å². The van der Waals surface area contributed by atoms with E-state index in [1.807, 2.05) is 0 Å². The molecule has 1 rings (SSSR count). The SMILES string of the molecule is Br[C@@H]1CCCCN1. The molecule has 1 heterocycles. The molecule has 1 aliphatic heterocycles. The fourth-order valence-corrected chi connectivity index (χ4v) is 1.36. The van der Waals surface area contributed by atoms with Crippen LogP contribution in [0.4, 0.5) is 0 Å². The maximum atomic E-state index is 3.48. The highest BCUT2D eigenvalue weighted by atomic mass is 79.9. The van der Waals surface area contributed by atoms with Crippen LogP contribution >= 0.6 is 15.9 Å². The van der Waals surface area contributed by atoms with Crippen LogP contribution in [-0.2, 0) is 0 Å². The highest BCUT2D eigenvalue weighted by Gasteiger charge is 2.06. The van der Waals surface area contributed by atoms with Gasteiger partial charge in [0.05, 0.1) is 4.95 Å². The molecule has 0 bridgehead atoms. The third-order valence-electron chi connectivity index (χ3n) is 1.25. The normalized spacial score (nSPS) is 33.0. The van der Waals surface area contributed by atoms with Gasteiger partial charge in [-0.25, -0.2) is 0 Å². The van der Waals surface area contributed by atoms with Gasteiger partial charge in [-0.1, -0.05) is 15.9 Å². The van der Waals surface area contributed by atoms with Crippen molar-refractivity contribution in [3.05, 3.63) is 0 Å². The molecule has 0 saturated carbocycles. The Labute approximate surface area is 52.6 Å². The smallest absolute Gasteiger partial charge is 0.0630 e. The van der Waals surface area contributed by atoms with Crippen molar-refractivity contribution in [2.24, 2.45) is 0 Å². The average Bonchev–Trinajstić information content (AvgIpc) is 1.69. The molecule has 1 saturated heterocycles. The van der Waals surface area contributed by atoms with E-state index in [9.17, 15) is 0 Å². The molecule has 1 N–H and O–H groups in total. The molecule has 42 valence electrons. The van der Waals surface area contributed by atoms with Crippen LogP contribution in [0.2, 0.25) is 0 Å². The van der Waals surface area contributed by atoms with Crippen molar-refractivity contribution in [3.8, 4) is 0 Å². The summed E-state index contributed by atoms with van der Waals surface area (Å²) in [5.74, 6) is 0. The van der Waals surface area contributed by atoms with Gasteiger partial charge in [-0.15, -0.1) is 0 Å². The zero-order valence-corrected chi connectivity index (χ0v) is 5.87. The van der Waals surface area contributed by atoms with Crippen LogP contribution in [0.25, 0.3) is 0 Å². The molecule has 1 atom stereocenters. The Kier molecular flexibility index (Phi) is 2.13. The molecule has 0 spiro atoms. The summed E-state index contributed by atoms with van der Waals surface area (Å²) in [6, 6.07) is 0. The molecule has 0 aromatic carbocycles. The first-order chi connectivity index (χ1) is 3.39. The quantitative estimate of drug-likeness (QED) is 0.422. The van der Waals surface area contributed by atoms with Crippen molar-refractivity contribution in [1.29, 1.82) is 0 Å². The monoisotopic (exact) mass is 163 g/mol. The van der Waals surface area contributed by atoms with Gasteiger partial charge in [0.2, 0.25) is 0 Å². The summed E-state index contributed by atoms with van der Waals surface area (Å²) in [6.07, 6.45) is 4.02. The Bertz CT molecular complexity index is 50.0. The molecule has 2 heteroatoms.